The van der Waals surface area contributed by atoms with Crippen LogP contribution in [-0.2, 0) is 0 Å². The average molecular weight is 292 g/mol. The van der Waals surface area contributed by atoms with Gasteiger partial charge in [0.05, 0.1) is 0 Å². The summed E-state index contributed by atoms with van der Waals surface area (Å²) in [6.07, 6.45) is 8.72. The number of nitrogens with one attached hydrogen (secondary N) is 2. The smallest absolute Gasteiger partial charge is 0.231 e. The van der Waals surface area contributed by atoms with Gasteiger partial charge >= 0.3 is 0 Å². The maximum Gasteiger partial charge on any atom is 0.231 e. The van der Waals surface area contributed by atoms with Crippen LogP contribution in [0.5, 0.6) is 0 Å². The zero-order valence-corrected chi connectivity index (χ0v) is 13.4. The Balaban J connectivity index is 1.96. The molecule has 1 saturated heterocycles. The molecular formula is C15H28N6. The predicted octanol–water partition coefficient (Wildman–Crippen LogP) is 2.90. The van der Waals surface area contributed by atoms with Crippen molar-refractivity contribution in [3.8, 4) is 0 Å². The summed E-state index contributed by atoms with van der Waals surface area (Å²) in [5.41, 5.74) is 0. The van der Waals surface area contributed by atoms with Crippen molar-refractivity contribution in [2.24, 2.45) is 0 Å². The molecule has 2 heterocycles. The predicted molar refractivity (Wildman–Crippen MR) is 88.1 cm³/mol. The van der Waals surface area contributed by atoms with Crippen LogP contribution in [0.4, 0.5) is 17.8 Å². The van der Waals surface area contributed by atoms with Gasteiger partial charge in [-0.1, -0.05) is 26.2 Å². The van der Waals surface area contributed by atoms with E-state index in [1.54, 1.807) is 0 Å². The van der Waals surface area contributed by atoms with Gasteiger partial charge in [-0.15, -0.1) is 0 Å². The van der Waals surface area contributed by atoms with Gasteiger partial charge in [0, 0.05) is 26.7 Å². The number of piperidine rings is 1. The van der Waals surface area contributed by atoms with Gasteiger partial charge in [0.25, 0.3) is 0 Å². The fourth-order valence-corrected chi connectivity index (χ4v) is 2.54. The zero-order chi connectivity index (χ0) is 14.9. The molecule has 0 saturated carbocycles. The molecule has 1 aromatic rings. The molecule has 118 valence electrons. The van der Waals surface area contributed by atoms with Crippen LogP contribution >= 0.6 is 0 Å². The fraction of sp³-hybridized carbons (Fsp3) is 0.800. The molecule has 0 aromatic carbocycles. The van der Waals surface area contributed by atoms with Crippen LogP contribution in [0.15, 0.2) is 0 Å². The van der Waals surface area contributed by atoms with Gasteiger partial charge in [-0.2, -0.15) is 15.0 Å². The van der Waals surface area contributed by atoms with Gasteiger partial charge in [0.2, 0.25) is 17.8 Å². The molecule has 0 atom stereocenters. The van der Waals surface area contributed by atoms with E-state index in [-0.39, 0.29) is 0 Å². The van der Waals surface area contributed by atoms with Gasteiger partial charge in [-0.25, -0.2) is 0 Å². The third-order valence-electron chi connectivity index (χ3n) is 3.80. The summed E-state index contributed by atoms with van der Waals surface area (Å²) < 4.78 is 0. The Morgan fingerprint density at radius 2 is 1.71 bits per heavy atom. The highest BCUT2D eigenvalue weighted by atomic mass is 15.3. The lowest BCUT2D eigenvalue weighted by atomic mass is 10.1. The molecule has 0 aliphatic carbocycles. The summed E-state index contributed by atoms with van der Waals surface area (Å²) in [5.74, 6) is 2.12. The third kappa shape index (κ3) is 5.02. The fourth-order valence-electron chi connectivity index (χ4n) is 2.54. The van der Waals surface area contributed by atoms with E-state index in [1.165, 1.54) is 38.5 Å². The molecule has 6 heteroatoms. The van der Waals surface area contributed by atoms with E-state index in [2.05, 4.69) is 37.4 Å². The largest absolute Gasteiger partial charge is 0.357 e. The molecule has 1 aliphatic rings. The van der Waals surface area contributed by atoms with Crippen molar-refractivity contribution in [1.29, 1.82) is 0 Å². The van der Waals surface area contributed by atoms with Crippen LogP contribution in [0, 0.1) is 0 Å². The monoisotopic (exact) mass is 292 g/mol. The van der Waals surface area contributed by atoms with Crippen LogP contribution in [0.25, 0.3) is 0 Å². The first-order valence-electron chi connectivity index (χ1n) is 8.26. The third-order valence-corrected chi connectivity index (χ3v) is 3.80. The van der Waals surface area contributed by atoms with Gasteiger partial charge in [-0.3, -0.25) is 0 Å². The second-order valence-electron chi connectivity index (χ2n) is 5.57. The first kappa shape index (κ1) is 15.8. The van der Waals surface area contributed by atoms with Crippen molar-refractivity contribution in [2.75, 3.05) is 42.2 Å². The van der Waals surface area contributed by atoms with Crippen LogP contribution in [0.3, 0.4) is 0 Å². The Morgan fingerprint density at radius 1 is 0.952 bits per heavy atom. The highest BCUT2D eigenvalue weighted by molar-refractivity contribution is 5.43. The Labute approximate surface area is 127 Å². The maximum atomic E-state index is 4.58. The van der Waals surface area contributed by atoms with Crippen molar-refractivity contribution in [2.45, 2.75) is 51.9 Å². The maximum absolute atomic E-state index is 4.58. The van der Waals surface area contributed by atoms with E-state index >= 15 is 0 Å². The Kier molecular flexibility index (Phi) is 6.50. The second-order valence-corrected chi connectivity index (χ2v) is 5.57. The molecule has 2 rings (SSSR count). The van der Waals surface area contributed by atoms with Crippen molar-refractivity contribution >= 4 is 17.8 Å². The minimum atomic E-state index is 0.640. The molecule has 0 amide bonds. The number of rotatable bonds is 8. The average Bonchev–Trinajstić information content (AvgIpc) is 2.55. The zero-order valence-electron chi connectivity index (χ0n) is 13.4. The lowest BCUT2D eigenvalue weighted by Crippen LogP contribution is -2.31. The molecule has 1 aliphatic heterocycles. The molecule has 0 radical (unpaired) electrons. The summed E-state index contributed by atoms with van der Waals surface area (Å²) >= 11 is 0. The molecule has 1 fully saturated rings. The molecule has 0 spiro atoms. The van der Waals surface area contributed by atoms with Crippen LogP contribution < -0.4 is 15.5 Å². The lowest BCUT2D eigenvalue weighted by molar-refractivity contribution is 0.567. The number of hydrogen-bond acceptors (Lipinski definition) is 6. The van der Waals surface area contributed by atoms with E-state index in [0.717, 1.165) is 32.0 Å². The van der Waals surface area contributed by atoms with E-state index in [1.807, 2.05) is 7.05 Å². The number of hydrogen-bond donors (Lipinski definition) is 2. The van der Waals surface area contributed by atoms with Crippen LogP contribution in [0.1, 0.15) is 51.9 Å². The summed E-state index contributed by atoms with van der Waals surface area (Å²) in [4.78, 5) is 15.7. The van der Waals surface area contributed by atoms with Gasteiger partial charge < -0.3 is 15.5 Å². The molecule has 6 nitrogen and oxygen atoms in total. The highest BCUT2D eigenvalue weighted by Crippen LogP contribution is 2.18. The first-order chi connectivity index (χ1) is 10.3. The highest BCUT2D eigenvalue weighted by Gasteiger charge is 2.15. The summed E-state index contributed by atoms with van der Waals surface area (Å²) in [7, 11) is 1.85. The number of unbranched alkanes of at least 4 members (excludes halogenated alkanes) is 3. The number of nitrogens with zero attached hydrogens (tertiary/aromatic N) is 4. The van der Waals surface area contributed by atoms with E-state index in [9.17, 15) is 0 Å². The van der Waals surface area contributed by atoms with E-state index < -0.39 is 0 Å². The summed E-state index contributed by atoms with van der Waals surface area (Å²) in [6, 6.07) is 0. The van der Waals surface area contributed by atoms with Gasteiger partial charge in [-0.05, 0) is 25.7 Å². The minimum Gasteiger partial charge on any atom is -0.357 e. The molecule has 21 heavy (non-hydrogen) atoms. The SMILES string of the molecule is CCCCCCNc1nc(NC)nc(N2CCCCC2)n1. The van der Waals surface area contributed by atoms with Crippen molar-refractivity contribution in [3.63, 3.8) is 0 Å². The van der Waals surface area contributed by atoms with Crippen molar-refractivity contribution in [1.82, 2.24) is 15.0 Å². The standard InChI is InChI=1S/C15H28N6/c1-3-4-5-7-10-17-14-18-13(16-2)19-15(20-14)21-11-8-6-9-12-21/h3-12H2,1-2H3,(H2,16,17,18,19,20). The summed E-state index contributed by atoms with van der Waals surface area (Å²) in [6.45, 7) is 5.24. The van der Waals surface area contributed by atoms with Crippen LogP contribution in [-0.4, -0.2) is 41.6 Å². The lowest BCUT2D eigenvalue weighted by Gasteiger charge is -2.26. The molecule has 0 bridgehead atoms. The quantitative estimate of drug-likeness (QED) is 0.718. The van der Waals surface area contributed by atoms with E-state index in [4.69, 9.17) is 0 Å². The number of anilines is 3. The molecular weight excluding hydrogens is 264 g/mol. The van der Waals surface area contributed by atoms with E-state index in [0.29, 0.717) is 11.9 Å². The molecule has 1 aromatic heterocycles. The Hall–Kier alpha value is -1.59. The molecule has 0 unspecified atom stereocenters. The first-order valence-corrected chi connectivity index (χ1v) is 8.26. The van der Waals surface area contributed by atoms with Crippen molar-refractivity contribution < 1.29 is 0 Å². The van der Waals surface area contributed by atoms with Gasteiger partial charge in [0.15, 0.2) is 0 Å². The topological polar surface area (TPSA) is 66.0 Å². The number of aromatic nitrogens is 3. The van der Waals surface area contributed by atoms with Gasteiger partial charge in [0.1, 0.15) is 0 Å². The molecule has 2 N–H and O–H groups in total. The Morgan fingerprint density at radius 3 is 2.43 bits per heavy atom. The Bertz CT molecular complexity index is 417. The second kappa shape index (κ2) is 8.64. The normalized spacial score (nSPS) is 15.0. The van der Waals surface area contributed by atoms with Crippen LogP contribution in [0.2, 0.25) is 0 Å². The minimum absolute atomic E-state index is 0.640. The van der Waals surface area contributed by atoms with Crippen molar-refractivity contribution in [3.05, 3.63) is 0 Å². The summed E-state index contributed by atoms with van der Waals surface area (Å²) in [5, 5.41) is 6.36.